The number of amides is 2. The SMILES string of the molecule is Cc1ccc(C2=C(Nc3ccc(OC(C)C)cc3)C(=O)N(c3cccc(Cl)c3)C2=O)cc1C. The van der Waals surface area contributed by atoms with E-state index in [0.717, 1.165) is 21.8 Å². The summed E-state index contributed by atoms with van der Waals surface area (Å²) in [5.41, 5.74) is 4.48. The normalized spacial score (nSPS) is 13.8. The Morgan fingerprint density at radius 3 is 2.24 bits per heavy atom. The number of hydrogen-bond donors (Lipinski definition) is 1. The molecule has 0 spiro atoms. The van der Waals surface area contributed by atoms with E-state index in [0.29, 0.717) is 27.5 Å². The van der Waals surface area contributed by atoms with Crippen LogP contribution < -0.4 is 15.0 Å². The van der Waals surface area contributed by atoms with Crippen LogP contribution in [0.4, 0.5) is 11.4 Å². The lowest BCUT2D eigenvalue weighted by Gasteiger charge is -2.16. The highest BCUT2D eigenvalue weighted by molar-refractivity contribution is 6.46. The Hall–Kier alpha value is -3.57. The lowest BCUT2D eigenvalue weighted by molar-refractivity contribution is -0.120. The van der Waals surface area contributed by atoms with Crippen molar-refractivity contribution in [1.29, 1.82) is 0 Å². The fraction of sp³-hybridized carbons (Fsp3) is 0.185. The summed E-state index contributed by atoms with van der Waals surface area (Å²) in [5.74, 6) is -0.0981. The number of nitrogens with zero attached hydrogens (tertiary/aromatic N) is 1. The largest absolute Gasteiger partial charge is 0.491 e. The summed E-state index contributed by atoms with van der Waals surface area (Å²) in [6.07, 6.45) is 0.0585. The van der Waals surface area contributed by atoms with Gasteiger partial charge in [0.2, 0.25) is 0 Å². The van der Waals surface area contributed by atoms with E-state index in [9.17, 15) is 9.59 Å². The number of halogens is 1. The van der Waals surface area contributed by atoms with Crippen LogP contribution >= 0.6 is 11.6 Å². The molecule has 3 aromatic carbocycles. The van der Waals surface area contributed by atoms with E-state index in [1.165, 1.54) is 0 Å². The fourth-order valence-corrected chi connectivity index (χ4v) is 3.88. The Bertz CT molecular complexity index is 1260. The average molecular weight is 461 g/mol. The van der Waals surface area contributed by atoms with Crippen molar-refractivity contribution in [2.24, 2.45) is 0 Å². The van der Waals surface area contributed by atoms with Crippen LogP contribution in [-0.2, 0) is 9.59 Å². The van der Waals surface area contributed by atoms with Crippen molar-refractivity contribution >= 4 is 40.4 Å². The van der Waals surface area contributed by atoms with E-state index in [2.05, 4.69) is 5.32 Å². The highest BCUT2D eigenvalue weighted by Gasteiger charge is 2.40. The molecule has 1 N–H and O–H groups in total. The fourth-order valence-electron chi connectivity index (χ4n) is 3.69. The van der Waals surface area contributed by atoms with Crippen molar-refractivity contribution in [3.05, 3.63) is 94.1 Å². The molecule has 4 rings (SSSR count). The number of ether oxygens (including phenoxy) is 1. The van der Waals surface area contributed by atoms with Crippen molar-refractivity contribution in [1.82, 2.24) is 0 Å². The number of imide groups is 1. The second-order valence-corrected chi connectivity index (χ2v) is 8.73. The van der Waals surface area contributed by atoms with Crippen LogP contribution in [0.2, 0.25) is 5.02 Å². The van der Waals surface area contributed by atoms with Gasteiger partial charge in [0.1, 0.15) is 11.4 Å². The van der Waals surface area contributed by atoms with Crippen LogP contribution in [0, 0.1) is 13.8 Å². The second-order valence-electron chi connectivity index (χ2n) is 8.29. The second kappa shape index (κ2) is 9.12. The van der Waals surface area contributed by atoms with Crippen LogP contribution in [0.1, 0.15) is 30.5 Å². The maximum Gasteiger partial charge on any atom is 0.282 e. The molecule has 33 heavy (non-hydrogen) atoms. The average Bonchev–Trinajstić information content (AvgIpc) is 3.00. The van der Waals surface area contributed by atoms with Crippen LogP contribution in [0.3, 0.4) is 0 Å². The number of rotatable bonds is 6. The first-order valence-corrected chi connectivity index (χ1v) is 11.1. The molecule has 1 aliphatic rings. The maximum absolute atomic E-state index is 13.5. The number of carbonyl (C=O) groups is 2. The Balaban J connectivity index is 1.77. The summed E-state index contributed by atoms with van der Waals surface area (Å²) < 4.78 is 5.70. The van der Waals surface area contributed by atoms with Gasteiger partial charge < -0.3 is 10.1 Å². The lowest BCUT2D eigenvalue weighted by atomic mass is 9.99. The van der Waals surface area contributed by atoms with Crippen molar-refractivity contribution < 1.29 is 14.3 Å². The van der Waals surface area contributed by atoms with Crippen molar-refractivity contribution in [2.75, 3.05) is 10.2 Å². The van der Waals surface area contributed by atoms with E-state index < -0.39 is 11.8 Å². The zero-order chi connectivity index (χ0) is 23.7. The summed E-state index contributed by atoms with van der Waals surface area (Å²) >= 11 is 6.14. The quantitative estimate of drug-likeness (QED) is 0.449. The van der Waals surface area contributed by atoms with E-state index in [-0.39, 0.29) is 11.8 Å². The van der Waals surface area contributed by atoms with Gasteiger partial charge in [0.25, 0.3) is 11.8 Å². The van der Waals surface area contributed by atoms with Crippen LogP contribution in [0.5, 0.6) is 5.75 Å². The Labute approximate surface area is 198 Å². The van der Waals surface area contributed by atoms with Crippen molar-refractivity contribution in [3.63, 3.8) is 0 Å². The smallest absolute Gasteiger partial charge is 0.282 e. The first-order chi connectivity index (χ1) is 15.7. The van der Waals surface area contributed by atoms with Gasteiger partial charge in [-0.1, -0.05) is 35.9 Å². The molecule has 0 saturated carbocycles. The van der Waals surface area contributed by atoms with Gasteiger partial charge in [-0.2, -0.15) is 0 Å². The molecule has 6 heteroatoms. The molecule has 168 valence electrons. The predicted molar refractivity (Wildman–Crippen MR) is 133 cm³/mol. The van der Waals surface area contributed by atoms with E-state index in [1.807, 2.05) is 70.2 Å². The molecule has 0 fully saturated rings. The number of carbonyl (C=O) groups excluding carboxylic acids is 2. The topological polar surface area (TPSA) is 58.6 Å². The van der Waals surface area contributed by atoms with E-state index >= 15 is 0 Å². The van der Waals surface area contributed by atoms with Gasteiger partial charge in [-0.3, -0.25) is 9.59 Å². The molecular weight excluding hydrogens is 436 g/mol. The highest BCUT2D eigenvalue weighted by atomic mass is 35.5. The molecule has 0 aromatic heterocycles. The first-order valence-electron chi connectivity index (χ1n) is 10.7. The minimum absolute atomic E-state index is 0.0585. The molecule has 0 atom stereocenters. The number of anilines is 2. The number of nitrogens with one attached hydrogen (secondary N) is 1. The zero-order valence-corrected chi connectivity index (χ0v) is 19.7. The molecule has 1 aliphatic heterocycles. The van der Waals surface area contributed by atoms with Gasteiger partial charge in [0.05, 0.1) is 17.4 Å². The Kier molecular flexibility index (Phi) is 6.25. The summed E-state index contributed by atoms with van der Waals surface area (Å²) in [6, 6.07) is 19.8. The first kappa shape index (κ1) is 22.6. The lowest BCUT2D eigenvalue weighted by Crippen LogP contribution is -2.32. The molecule has 3 aromatic rings. The summed E-state index contributed by atoms with van der Waals surface area (Å²) in [5, 5.41) is 3.62. The predicted octanol–water partition coefficient (Wildman–Crippen LogP) is 6.14. The summed E-state index contributed by atoms with van der Waals surface area (Å²) in [7, 11) is 0. The van der Waals surface area contributed by atoms with Crippen molar-refractivity contribution in [3.8, 4) is 5.75 Å². The van der Waals surface area contributed by atoms with Gasteiger partial charge in [0.15, 0.2) is 0 Å². The van der Waals surface area contributed by atoms with Crippen LogP contribution in [-0.4, -0.2) is 17.9 Å². The molecule has 5 nitrogen and oxygen atoms in total. The van der Waals surface area contributed by atoms with Gasteiger partial charge in [-0.05, 0) is 86.8 Å². The van der Waals surface area contributed by atoms with Gasteiger partial charge in [0, 0.05) is 10.7 Å². The Morgan fingerprint density at radius 2 is 1.61 bits per heavy atom. The molecule has 0 saturated heterocycles. The number of hydrogen-bond acceptors (Lipinski definition) is 4. The molecule has 2 amide bonds. The summed E-state index contributed by atoms with van der Waals surface area (Å²) in [6.45, 7) is 7.91. The number of aryl methyl sites for hydroxylation is 2. The van der Waals surface area contributed by atoms with Gasteiger partial charge in [-0.25, -0.2) is 4.90 Å². The maximum atomic E-state index is 13.5. The standard InChI is InChI=1S/C27H25ClN2O3/c1-16(2)33-23-12-10-21(11-13-23)29-25-24(19-9-8-17(3)18(4)14-19)26(31)30(27(25)32)22-7-5-6-20(28)15-22/h5-16,29H,1-4H3. The van der Waals surface area contributed by atoms with Gasteiger partial charge >= 0.3 is 0 Å². The van der Waals surface area contributed by atoms with Crippen LogP contribution in [0.15, 0.2) is 72.4 Å². The molecule has 0 aliphatic carbocycles. The third-order valence-electron chi connectivity index (χ3n) is 5.44. The van der Waals surface area contributed by atoms with Crippen LogP contribution in [0.25, 0.3) is 5.57 Å². The van der Waals surface area contributed by atoms with Crippen molar-refractivity contribution in [2.45, 2.75) is 33.8 Å². The van der Waals surface area contributed by atoms with E-state index in [4.69, 9.17) is 16.3 Å². The molecule has 0 bridgehead atoms. The molecule has 0 radical (unpaired) electrons. The highest BCUT2D eigenvalue weighted by Crippen LogP contribution is 2.35. The minimum atomic E-state index is -0.432. The zero-order valence-electron chi connectivity index (χ0n) is 19.0. The molecule has 1 heterocycles. The molecular formula is C27H25ClN2O3. The molecule has 0 unspecified atom stereocenters. The van der Waals surface area contributed by atoms with E-state index in [1.54, 1.807) is 24.3 Å². The Morgan fingerprint density at radius 1 is 0.879 bits per heavy atom. The number of benzene rings is 3. The summed E-state index contributed by atoms with van der Waals surface area (Å²) in [4.78, 5) is 28.2. The third kappa shape index (κ3) is 4.64. The third-order valence-corrected chi connectivity index (χ3v) is 5.68. The monoisotopic (exact) mass is 460 g/mol. The van der Waals surface area contributed by atoms with Gasteiger partial charge in [-0.15, -0.1) is 0 Å². The minimum Gasteiger partial charge on any atom is -0.491 e.